The van der Waals surface area contributed by atoms with Crippen molar-refractivity contribution in [3.05, 3.63) is 61.2 Å². The maximum atomic E-state index is 11.7. The summed E-state index contributed by atoms with van der Waals surface area (Å²) in [6, 6.07) is 15.8. The highest BCUT2D eigenvalue weighted by molar-refractivity contribution is 5.89. The summed E-state index contributed by atoms with van der Waals surface area (Å²) < 4.78 is 12.6. The summed E-state index contributed by atoms with van der Waals surface area (Å²) in [5.74, 6) is 0.603. The second-order valence-electron chi connectivity index (χ2n) is 3.98. The molecule has 2 aromatic carbocycles. The molecule has 0 atom stereocenters. The van der Waals surface area contributed by atoms with Gasteiger partial charge < -0.3 is 9.47 Å². The van der Waals surface area contributed by atoms with Crippen molar-refractivity contribution < 1.29 is 35.5 Å². The zero-order valence-corrected chi connectivity index (χ0v) is 13.6. The van der Waals surface area contributed by atoms with E-state index in [-0.39, 0.29) is 27.2 Å². The van der Waals surface area contributed by atoms with Gasteiger partial charge in [-0.15, -0.1) is 0 Å². The highest BCUT2D eigenvalue weighted by Crippen LogP contribution is 2.06. The Kier molecular flexibility index (Phi) is 5.40. The van der Waals surface area contributed by atoms with E-state index in [1.54, 1.807) is 13.2 Å². The standard InChI is InChI=1S/C16H16IO3/c1-3-20-16(18)12-5-4-6-14(11-12)17-13-7-9-15(19-2)10-8-13/h4-11H,3H2,1-2H3/q+1. The first-order valence-electron chi connectivity index (χ1n) is 6.29. The third kappa shape index (κ3) is 3.96. The van der Waals surface area contributed by atoms with Crippen LogP contribution in [0.1, 0.15) is 17.3 Å². The third-order valence-corrected chi connectivity index (χ3v) is 5.24. The molecular weight excluding hydrogens is 367 g/mol. The maximum absolute atomic E-state index is 11.7. The van der Waals surface area contributed by atoms with E-state index in [0.717, 1.165) is 5.75 Å². The van der Waals surface area contributed by atoms with Crippen LogP contribution < -0.4 is 25.9 Å². The maximum Gasteiger partial charge on any atom is 0.357 e. The van der Waals surface area contributed by atoms with Crippen LogP contribution in [0, 0.1) is 7.14 Å². The van der Waals surface area contributed by atoms with E-state index >= 15 is 0 Å². The number of halogens is 1. The first kappa shape index (κ1) is 14.8. The van der Waals surface area contributed by atoms with Crippen LogP contribution in [-0.2, 0) is 4.74 Å². The van der Waals surface area contributed by atoms with Crippen LogP contribution in [0.25, 0.3) is 0 Å². The van der Waals surface area contributed by atoms with Crippen molar-refractivity contribution in [3.63, 3.8) is 0 Å². The molecule has 0 aliphatic rings. The number of carbonyl (C=O) groups excluding carboxylic acids is 1. The lowest BCUT2D eigenvalue weighted by molar-refractivity contribution is -0.597. The Labute approximate surface area is 129 Å². The lowest BCUT2D eigenvalue weighted by atomic mass is 10.2. The minimum atomic E-state index is -0.305. The molecule has 0 saturated carbocycles. The molecule has 0 unspecified atom stereocenters. The minimum absolute atomic E-state index is 0.256. The minimum Gasteiger partial charge on any atom is -0.497 e. The van der Waals surface area contributed by atoms with Crippen LogP contribution in [0.15, 0.2) is 48.5 Å². The van der Waals surface area contributed by atoms with Crippen LogP contribution in [0.5, 0.6) is 5.75 Å². The SMILES string of the molecule is CCOC(=O)c1cccc([I+]c2ccc(OC)cc2)c1. The van der Waals surface area contributed by atoms with Crippen LogP contribution in [-0.4, -0.2) is 19.7 Å². The van der Waals surface area contributed by atoms with Crippen LogP contribution in [0.4, 0.5) is 0 Å². The van der Waals surface area contributed by atoms with Gasteiger partial charge in [0.15, 0.2) is 7.14 Å². The number of benzene rings is 2. The average molecular weight is 383 g/mol. The lowest BCUT2D eigenvalue weighted by Gasteiger charge is -2.00. The second kappa shape index (κ2) is 7.28. The molecule has 0 aliphatic carbocycles. The highest BCUT2D eigenvalue weighted by Gasteiger charge is 2.18. The Morgan fingerprint density at radius 3 is 2.50 bits per heavy atom. The van der Waals surface area contributed by atoms with Gasteiger partial charge in [-0.1, -0.05) is 6.07 Å². The summed E-state index contributed by atoms with van der Waals surface area (Å²) in [5.41, 5.74) is 0.623. The third-order valence-electron chi connectivity index (χ3n) is 2.60. The number of ether oxygens (including phenoxy) is 2. The van der Waals surface area contributed by atoms with Gasteiger partial charge in [-0.25, -0.2) is 4.79 Å². The zero-order chi connectivity index (χ0) is 14.4. The van der Waals surface area contributed by atoms with Gasteiger partial charge in [-0.3, -0.25) is 0 Å². The molecule has 0 fully saturated rings. The normalized spacial score (nSPS) is 10.1. The van der Waals surface area contributed by atoms with Gasteiger partial charge in [0, 0.05) is 6.07 Å². The van der Waals surface area contributed by atoms with Gasteiger partial charge >= 0.3 is 27.2 Å². The van der Waals surface area contributed by atoms with Gasteiger partial charge in [0.05, 0.1) is 19.3 Å². The van der Waals surface area contributed by atoms with Crippen molar-refractivity contribution in [2.45, 2.75) is 6.92 Å². The van der Waals surface area contributed by atoms with E-state index in [9.17, 15) is 4.79 Å². The molecule has 2 aromatic rings. The van der Waals surface area contributed by atoms with E-state index < -0.39 is 0 Å². The molecule has 0 heterocycles. The average Bonchev–Trinajstić information content (AvgIpc) is 2.48. The van der Waals surface area contributed by atoms with Gasteiger partial charge in [0.1, 0.15) is 5.75 Å². The van der Waals surface area contributed by atoms with Crippen molar-refractivity contribution in [1.82, 2.24) is 0 Å². The summed E-state index contributed by atoms with van der Waals surface area (Å²) >= 11 is -0.305. The molecule has 0 N–H and O–H groups in total. The molecular formula is C16H16IO3+. The molecule has 0 amide bonds. The van der Waals surface area contributed by atoms with E-state index in [0.29, 0.717) is 12.2 Å². The molecule has 0 aliphatic heterocycles. The molecule has 0 radical (unpaired) electrons. The van der Waals surface area contributed by atoms with Gasteiger partial charge in [0.2, 0.25) is 0 Å². The Hall–Kier alpha value is -1.56. The molecule has 0 saturated heterocycles. The molecule has 3 nitrogen and oxygen atoms in total. The van der Waals surface area contributed by atoms with Gasteiger partial charge in [-0.2, -0.15) is 0 Å². The molecule has 0 aromatic heterocycles. The van der Waals surface area contributed by atoms with Crippen molar-refractivity contribution in [2.75, 3.05) is 13.7 Å². The molecule has 20 heavy (non-hydrogen) atoms. The number of hydrogen-bond donors (Lipinski definition) is 0. The fraction of sp³-hybridized carbons (Fsp3) is 0.188. The van der Waals surface area contributed by atoms with Crippen molar-refractivity contribution in [3.8, 4) is 5.75 Å². The molecule has 0 spiro atoms. The molecule has 4 heteroatoms. The number of esters is 1. The van der Waals surface area contributed by atoms with E-state index in [4.69, 9.17) is 9.47 Å². The number of hydrogen-bond acceptors (Lipinski definition) is 3. The monoisotopic (exact) mass is 383 g/mol. The second-order valence-corrected chi connectivity index (χ2v) is 7.01. The Balaban J connectivity index is 2.12. The molecule has 0 bridgehead atoms. The predicted octanol–water partition coefficient (Wildman–Crippen LogP) is 0.000300. The quantitative estimate of drug-likeness (QED) is 0.539. The Bertz CT molecular complexity index is 579. The number of methoxy groups -OCH3 is 1. The molecule has 2 rings (SSSR count). The van der Waals surface area contributed by atoms with Crippen molar-refractivity contribution >= 4 is 5.97 Å². The summed E-state index contributed by atoms with van der Waals surface area (Å²) in [7, 11) is 1.66. The fourth-order valence-electron chi connectivity index (χ4n) is 1.65. The van der Waals surface area contributed by atoms with Crippen molar-refractivity contribution in [1.29, 1.82) is 0 Å². The summed E-state index contributed by atoms with van der Waals surface area (Å²) in [6.45, 7) is 2.21. The first-order chi connectivity index (χ1) is 9.72. The summed E-state index contributed by atoms with van der Waals surface area (Å²) in [4.78, 5) is 11.7. The van der Waals surface area contributed by atoms with Crippen molar-refractivity contribution in [2.24, 2.45) is 0 Å². The largest absolute Gasteiger partial charge is 0.497 e. The Morgan fingerprint density at radius 1 is 1.10 bits per heavy atom. The fourth-order valence-corrected chi connectivity index (χ4v) is 3.97. The van der Waals surface area contributed by atoms with E-state index in [1.165, 1.54) is 7.14 Å². The molecule has 104 valence electrons. The smallest absolute Gasteiger partial charge is 0.357 e. The zero-order valence-electron chi connectivity index (χ0n) is 11.4. The number of rotatable bonds is 5. The van der Waals surface area contributed by atoms with Gasteiger partial charge in [0.25, 0.3) is 0 Å². The Morgan fingerprint density at radius 2 is 1.85 bits per heavy atom. The van der Waals surface area contributed by atoms with E-state index in [1.807, 2.05) is 31.2 Å². The topological polar surface area (TPSA) is 35.5 Å². The summed E-state index contributed by atoms with van der Waals surface area (Å²) in [5, 5.41) is 0. The summed E-state index contributed by atoms with van der Waals surface area (Å²) in [6.07, 6.45) is 0. The highest BCUT2D eigenvalue weighted by atomic mass is 127. The predicted molar refractivity (Wildman–Crippen MR) is 72.8 cm³/mol. The lowest BCUT2D eigenvalue weighted by Crippen LogP contribution is -3.61. The van der Waals surface area contributed by atoms with Crippen LogP contribution in [0.2, 0.25) is 0 Å². The van der Waals surface area contributed by atoms with Gasteiger partial charge in [-0.05, 0) is 43.3 Å². The number of carbonyl (C=O) groups is 1. The first-order valence-corrected chi connectivity index (χ1v) is 8.44. The van der Waals surface area contributed by atoms with Crippen LogP contribution in [0.3, 0.4) is 0 Å². The van der Waals surface area contributed by atoms with Crippen LogP contribution >= 0.6 is 0 Å². The van der Waals surface area contributed by atoms with E-state index in [2.05, 4.69) is 18.2 Å².